The van der Waals surface area contributed by atoms with Gasteiger partial charge in [-0.15, -0.1) is 0 Å². The third kappa shape index (κ3) is 40.9. The van der Waals surface area contributed by atoms with Crippen molar-refractivity contribution in [1.82, 2.24) is 0 Å². The number of allylic oxidation sites excluding steroid dienone is 1. The minimum Gasteiger partial charge on any atom is -0.465 e. The highest BCUT2D eigenvalue weighted by atomic mass is 16.6. The summed E-state index contributed by atoms with van der Waals surface area (Å²) >= 11 is 0. The summed E-state index contributed by atoms with van der Waals surface area (Å²) in [7, 11) is 0. The van der Waals surface area contributed by atoms with Crippen LogP contribution in [0, 0.1) is 17.3 Å². The van der Waals surface area contributed by atoms with Crippen molar-refractivity contribution in [2.24, 2.45) is 17.3 Å². The Morgan fingerprint density at radius 1 is 0.361 bits per heavy atom. The molecule has 0 radical (unpaired) electrons. The minimum atomic E-state index is -1.36. The van der Waals surface area contributed by atoms with E-state index in [2.05, 4.69) is 40.7 Å². The standard InChI is InChI=1S/C59H106O13/c1-6-11-16-19-20-23-33-44-67-53(61)40-31-26-32-43-56(64)72-50-59(47-60,48-70-54(62)41-29-21-24-34-45-68-57(65)51(36-14-9-4)38-27-17-12-7-2)49-71-55(63)42-30-22-25-35-46-69-58(66)52(37-15-10-5)39-28-18-13-8-3/h20,23,51-52,60H,6-19,21-22,24-50H2,1-5H3/b23-20-. The fourth-order valence-electron chi connectivity index (χ4n) is 8.28. The van der Waals surface area contributed by atoms with E-state index in [1.165, 1.54) is 32.1 Å². The van der Waals surface area contributed by atoms with E-state index >= 15 is 0 Å². The number of esters is 6. The molecule has 72 heavy (non-hydrogen) atoms. The SMILES string of the molecule is CCCCC/C=C\CCOC(=O)CCCCCC(=O)OCC(CO)(COC(=O)CCCCCCOC(=O)C(CCCC)CCCCCC)COC(=O)CCCCCCOC(=O)C(CCCC)CCCCCC. The highest BCUT2D eigenvalue weighted by Gasteiger charge is 2.35. The Hall–Kier alpha value is -3.48. The van der Waals surface area contributed by atoms with Gasteiger partial charge in [0.2, 0.25) is 0 Å². The lowest BCUT2D eigenvalue weighted by atomic mass is 9.92. The Morgan fingerprint density at radius 3 is 1.10 bits per heavy atom. The van der Waals surface area contributed by atoms with E-state index in [1.54, 1.807) is 0 Å². The predicted molar refractivity (Wildman–Crippen MR) is 286 cm³/mol. The Balaban J connectivity index is 5.03. The number of aliphatic hydroxyl groups is 1. The smallest absolute Gasteiger partial charge is 0.308 e. The topological polar surface area (TPSA) is 178 Å². The normalized spacial score (nSPS) is 13.0. The van der Waals surface area contributed by atoms with Crippen molar-refractivity contribution in [2.75, 3.05) is 46.2 Å². The molecular weight excluding hydrogens is 917 g/mol. The summed E-state index contributed by atoms with van der Waals surface area (Å²) < 4.78 is 33.4. The summed E-state index contributed by atoms with van der Waals surface area (Å²) in [6.45, 7) is 10.3. The Kier molecular flexibility index (Phi) is 47.3. The quantitative estimate of drug-likeness (QED) is 0.0264. The number of carbonyl (C=O) groups is 6. The average molecular weight is 1020 g/mol. The second-order valence-corrected chi connectivity index (χ2v) is 20.2. The van der Waals surface area contributed by atoms with Crippen molar-refractivity contribution >= 4 is 35.8 Å². The van der Waals surface area contributed by atoms with Gasteiger partial charge in [0, 0.05) is 25.7 Å². The minimum absolute atomic E-state index is 0.0374. The largest absolute Gasteiger partial charge is 0.465 e. The molecule has 2 atom stereocenters. The van der Waals surface area contributed by atoms with E-state index in [0.29, 0.717) is 71.2 Å². The maximum absolute atomic E-state index is 12.9. The summed E-state index contributed by atoms with van der Waals surface area (Å²) in [6.07, 6.45) is 34.1. The lowest BCUT2D eigenvalue weighted by molar-refractivity contribution is -0.165. The van der Waals surface area contributed by atoms with Crippen LogP contribution in [-0.2, 0) is 57.2 Å². The average Bonchev–Trinajstić information content (AvgIpc) is 3.38. The fourth-order valence-corrected chi connectivity index (χ4v) is 8.28. The molecular formula is C59H106O13. The number of unbranched alkanes of at least 4 members (excludes halogenated alkanes) is 19. The summed E-state index contributed by atoms with van der Waals surface area (Å²) in [5, 5.41) is 10.6. The van der Waals surface area contributed by atoms with Crippen LogP contribution in [0.3, 0.4) is 0 Å². The zero-order chi connectivity index (χ0) is 53.2. The van der Waals surface area contributed by atoms with Crippen LogP contribution in [-0.4, -0.2) is 87.2 Å². The van der Waals surface area contributed by atoms with Crippen molar-refractivity contribution in [3.05, 3.63) is 12.2 Å². The maximum Gasteiger partial charge on any atom is 0.308 e. The van der Waals surface area contributed by atoms with E-state index in [-0.39, 0.29) is 75.2 Å². The van der Waals surface area contributed by atoms with E-state index in [4.69, 9.17) is 28.4 Å². The van der Waals surface area contributed by atoms with Crippen LogP contribution < -0.4 is 0 Å². The molecule has 13 heteroatoms. The van der Waals surface area contributed by atoms with Crippen LogP contribution in [0.2, 0.25) is 0 Å². The zero-order valence-electron chi connectivity index (χ0n) is 46.6. The van der Waals surface area contributed by atoms with Gasteiger partial charge in [0.1, 0.15) is 19.8 Å². The third-order valence-corrected chi connectivity index (χ3v) is 13.2. The molecule has 0 aliphatic carbocycles. The van der Waals surface area contributed by atoms with Crippen molar-refractivity contribution in [1.29, 1.82) is 0 Å². The van der Waals surface area contributed by atoms with Gasteiger partial charge in [-0.05, 0) is 83.5 Å². The molecule has 0 rings (SSSR count). The van der Waals surface area contributed by atoms with Crippen molar-refractivity contribution in [3.63, 3.8) is 0 Å². The first-order chi connectivity index (χ1) is 35.0. The molecule has 420 valence electrons. The number of ether oxygens (including phenoxy) is 6. The van der Waals surface area contributed by atoms with Crippen LogP contribution in [0.1, 0.15) is 266 Å². The second kappa shape index (κ2) is 49.7. The summed E-state index contributed by atoms with van der Waals surface area (Å²) in [6, 6.07) is 0. The third-order valence-electron chi connectivity index (χ3n) is 13.2. The van der Waals surface area contributed by atoms with Crippen molar-refractivity contribution in [2.45, 2.75) is 266 Å². The molecule has 0 amide bonds. The molecule has 1 N–H and O–H groups in total. The lowest BCUT2D eigenvalue weighted by Crippen LogP contribution is -2.42. The molecule has 0 saturated carbocycles. The van der Waals surface area contributed by atoms with Crippen LogP contribution in [0.5, 0.6) is 0 Å². The highest BCUT2D eigenvalue weighted by molar-refractivity contribution is 5.73. The van der Waals surface area contributed by atoms with Gasteiger partial charge < -0.3 is 33.5 Å². The van der Waals surface area contributed by atoms with Gasteiger partial charge in [-0.1, -0.05) is 169 Å². The van der Waals surface area contributed by atoms with Crippen LogP contribution in [0.25, 0.3) is 0 Å². The van der Waals surface area contributed by atoms with E-state index in [9.17, 15) is 33.9 Å². The molecule has 0 aromatic heterocycles. The van der Waals surface area contributed by atoms with Crippen LogP contribution >= 0.6 is 0 Å². The monoisotopic (exact) mass is 1020 g/mol. The van der Waals surface area contributed by atoms with Gasteiger partial charge in [0.25, 0.3) is 0 Å². The van der Waals surface area contributed by atoms with Crippen molar-refractivity contribution in [3.8, 4) is 0 Å². The van der Waals surface area contributed by atoms with E-state index < -0.39 is 29.9 Å². The van der Waals surface area contributed by atoms with Crippen LogP contribution in [0.15, 0.2) is 12.2 Å². The molecule has 0 spiro atoms. The molecule has 0 fully saturated rings. The van der Waals surface area contributed by atoms with Gasteiger partial charge in [-0.25, -0.2) is 0 Å². The first-order valence-corrected chi connectivity index (χ1v) is 29.2. The summed E-state index contributed by atoms with van der Waals surface area (Å²) in [5.41, 5.74) is -1.36. The number of aliphatic hydroxyl groups excluding tert-OH is 1. The summed E-state index contributed by atoms with van der Waals surface area (Å²) in [5.74, 6) is -2.01. The number of carbonyl (C=O) groups excluding carboxylic acids is 6. The fraction of sp³-hybridized carbons (Fsp3) is 0.864. The highest BCUT2D eigenvalue weighted by Crippen LogP contribution is 2.23. The maximum atomic E-state index is 12.9. The van der Waals surface area contributed by atoms with E-state index in [0.717, 1.165) is 122 Å². The predicted octanol–water partition coefficient (Wildman–Crippen LogP) is 14.2. The molecule has 0 saturated heterocycles. The van der Waals surface area contributed by atoms with Gasteiger partial charge >= 0.3 is 35.8 Å². The molecule has 0 aromatic rings. The molecule has 0 aliphatic rings. The van der Waals surface area contributed by atoms with Crippen molar-refractivity contribution < 1.29 is 62.3 Å². The van der Waals surface area contributed by atoms with Gasteiger partial charge in [-0.2, -0.15) is 0 Å². The first-order valence-electron chi connectivity index (χ1n) is 29.2. The Labute approximate surface area is 438 Å². The Bertz CT molecular complexity index is 1310. The molecule has 2 unspecified atom stereocenters. The van der Waals surface area contributed by atoms with E-state index in [1.807, 2.05) is 6.08 Å². The number of hydrogen-bond acceptors (Lipinski definition) is 13. The van der Waals surface area contributed by atoms with Gasteiger partial charge in [0.15, 0.2) is 0 Å². The summed E-state index contributed by atoms with van der Waals surface area (Å²) in [4.78, 5) is 76.4. The first kappa shape index (κ1) is 68.5. The molecule has 13 nitrogen and oxygen atoms in total. The molecule has 0 aliphatic heterocycles. The molecule has 0 heterocycles. The molecule has 0 aromatic carbocycles. The Morgan fingerprint density at radius 2 is 0.694 bits per heavy atom. The van der Waals surface area contributed by atoms with Gasteiger partial charge in [0.05, 0.1) is 43.7 Å². The second-order valence-electron chi connectivity index (χ2n) is 20.2. The number of hydrogen-bond donors (Lipinski definition) is 1. The molecule has 0 bridgehead atoms. The lowest BCUT2D eigenvalue weighted by Gasteiger charge is -2.30. The zero-order valence-corrected chi connectivity index (χ0v) is 46.6. The van der Waals surface area contributed by atoms with Crippen LogP contribution in [0.4, 0.5) is 0 Å². The number of rotatable bonds is 52. The van der Waals surface area contributed by atoms with Gasteiger partial charge in [-0.3, -0.25) is 28.8 Å².